The second kappa shape index (κ2) is 10.5. The van der Waals surface area contributed by atoms with Crippen LogP contribution in [0.2, 0.25) is 0 Å². The lowest BCUT2D eigenvalue weighted by molar-refractivity contribution is 0.0277. The van der Waals surface area contributed by atoms with Gasteiger partial charge in [-0.25, -0.2) is 0 Å². The monoisotopic (exact) mass is 350 g/mol. The standard InChI is InChI=1S/C19H30N2O2S/c1-15(2)23-18-11-9-16(10-12-18)21-19(24)20-13-6-14-22-17-7-4-3-5-8-17/h9-12,15,17H,3-8,13-14H2,1-2H3,(H2,20,21,24). The van der Waals surface area contributed by atoms with Crippen molar-refractivity contribution in [3.05, 3.63) is 24.3 Å². The first kappa shape index (κ1) is 19.0. The third-order valence-corrected chi connectivity index (χ3v) is 4.24. The summed E-state index contributed by atoms with van der Waals surface area (Å²) < 4.78 is 11.5. The Hall–Kier alpha value is -1.33. The van der Waals surface area contributed by atoms with Crippen LogP contribution in [0.1, 0.15) is 52.4 Å². The molecule has 1 aliphatic rings. The number of ether oxygens (including phenoxy) is 2. The van der Waals surface area contributed by atoms with Gasteiger partial charge in [0.25, 0.3) is 0 Å². The van der Waals surface area contributed by atoms with E-state index in [0.717, 1.165) is 31.0 Å². The molecule has 0 saturated heterocycles. The number of hydrogen-bond acceptors (Lipinski definition) is 3. The van der Waals surface area contributed by atoms with Gasteiger partial charge in [0.1, 0.15) is 5.75 Å². The van der Waals surface area contributed by atoms with Crippen LogP contribution < -0.4 is 15.4 Å². The van der Waals surface area contributed by atoms with Gasteiger partial charge in [0, 0.05) is 18.8 Å². The van der Waals surface area contributed by atoms with Crippen LogP contribution in [0.15, 0.2) is 24.3 Å². The fourth-order valence-electron chi connectivity index (χ4n) is 2.82. The van der Waals surface area contributed by atoms with Crippen LogP contribution in [0, 0.1) is 0 Å². The van der Waals surface area contributed by atoms with E-state index < -0.39 is 0 Å². The Morgan fingerprint density at radius 1 is 1.17 bits per heavy atom. The Labute approximate surface area is 151 Å². The van der Waals surface area contributed by atoms with E-state index >= 15 is 0 Å². The number of rotatable bonds is 8. The summed E-state index contributed by atoms with van der Waals surface area (Å²) in [4.78, 5) is 0. The van der Waals surface area contributed by atoms with Gasteiger partial charge in [0.05, 0.1) is 12.2 Å². The van der Waals surface area contributed by atoms with Gasteiger partial charge in [-0.15, -0.1) is 0 Å². The predicted octanol–water partition coefficient (Wildman–Crippen LogP) is 4.50. The average Bonchev–Trinajstić information content (AvgIpc) is 2.57. The molecule has 0 bridgehead atoms. The van der Waals surface area contributed by atoms with Crippen molar-refractivity contribution in [3.8, 4) is 5.75 Å². The van der Waals surface area contributed by atoms with Crippen molar-refractivity contribution in [2.45, 2.75) is 64.6 Å². The van der Waals surface area contributed by atoms with Crippen LogP contribution in [-0.4, -0.2) is 30.5 Å². The van der Waals surface area contributed by atoms with Gasteiger partial charge < -0.3 is 20.1 Å². The quantitative estimate of drug-likeness (QED) is 0.534. The third kappa shape index (κ3) is 7.49. The zero-order chi connectivity index (χ0) is 17.2. The lowest BCUT2D eigenvalue weighted by Crippen LogP contribution is -2.30. The molecule has 1 fully saturated rings. The lowest BCUT2D eigenvalue weighted by atomic mass is 9.98. The molecule has 0 aromatic heterocycles. The van der Waals surface area contributed by atoms with Crippen LogP contribution in [0.25, 0.3) is 0 Å². The van der Waals surface area contributed by atoms with E-state index in [-0.39, 0.29) is 6.10 Å². The first-order valence-electron chi connectivity index (χ1n) is 9.06. The fraction of sp³-hybridized carbons (Fsp3) is 0.632. The molecule has 1 aliphatic carbocycles. The van der Waals surface area contributed by atoms with Crippen LogP contribution >= 0.6 is 12.2 Å². The summed E-state index contributed by atoms with van der Waals surface area (Å²) in [6, 6.07) is 7.83. The summed E-state index contributed by atoms with van der Waals surface area (Å²) in [7, 11) is 0. The molecule has 24 heavy (non-hydrogen) atoms. The van der Waals surface area contributed by atoms with E-state index in [1.807, 2.05) is 38.1 Å². The Bertz CT molecular complexity index is 485. The van der Waals surface area contributed by atoms with Crippen molar-refractivity contribution in [1.29, 1.82) is 0 Å². The van der Waals surface area contributed by atoms with Gasteiger partial charge in [-0.05, 0) is 69.6 Å². The van der Waals surface area contributed by atoms with E-state index in [9.17, 15) is 0 Å². The third-order valence-electron chi connectivity index (χ3n) is 4.00. The first-order chi connectivity index (χ1) is 11.6. The normalized spacial score (nSPS) is 15.3. The fourth-order valence-corrected chi connectivity index (χ4v) is 3.04. The Morgan fingerprint density at radius 2 is 1.88 bits per heavy atom. The number of nitrogens with one attached hydrogen (secondary N) is 2. The molecule has 0 spiro atoms. The molecule has 0 radical (unpaired) electrons. The molecule has 2 N–H and O–H groups in total. The second-order valence-corrected chi connectivity index (χ2v) is 6.96. The average molecular weight is 351 g/mol. The van der Waals surface area contributed by atoms with Crippen molar-refractivity contribution < 1.29 is 9.47 Å². The van der Waals surface area contributed by atoms with Gasteiger partial charge in [-0.2, -0.15) is 0 Å². The minimum absolute atomic E-state index is 0.183. The largest absolute Gasteiger partial charge is 0.491 e. The summed E-state index contributed by atoms with van der Waals surface area (Å²) in [5.74, 6) is 0.870. The van der Waals surface area contributed by atoms with Gasteiger partial charge in [-0.1, -0.05) is 19.3 Å². The number of benzene rings is 1. The topological polar surface area (TPSA) is 42.5 Å². The lowest BCUT2D eigenvalue weighted by Gasteiger charge is -2.22. The van der Waals surface area contributed by atoms with Crippen molar-refractivity contribution in [2.24, 2.45) is 0 Å². The summed E-state index contributed by atoms with van der Waals surface area (Å²) in [6.45, 7) is 5.67. The molecule has 0 amide bonds. The Kier molecular flexibility index (Phi) is 8.33. The van der Waals surface area contributed by atoms with Crippen LogP contribution in [0.4, 0.5) is 5.69 Å². The highest BCUT2D eigenvalue weighted by molar-refractivity contribution is 7.80. The molecule has 5 heteroatoms. The second-order valence-electron chi connectivity index (χ2n) is 6.56. The Morgan fingerprint density at radius 3 is 2.54 bits per heavy atom. The number of thiocarbonyl (C=S) groups is 1. The molecule has 1 aromatic rings. The highest BCUT2D eigenvalue weighted by atomic mass is 32.1. The van der Waals surface area contributed by atoms with Gasteiger partial charge in [-0.3, -0.25) is 0 Å². The van der Waals surface area contributed by atoms with E-state index in [1.165, 1.54) is 32.1 Å². The zero-order valence-electron chi connectivity index (χ0n) is 14.8. The molecule has 2 rings (SSSR count). The van der Waals surface area contributed by atoms with Crippen LogP contribution in [0.3, 0.4) is 0 Å². The van der Waals surface area contributed by atoms with Gasteiger partial charge in [0.15, 0.2) is 5.11 Å². The molecule has 4 nitrogen and oxygen atoms in total. The molecule has 0 atom stereocenters. The summed E-state index contributed by atoms with van der Waals surface area (Å²) in [5.41, 5.74) is 0.960. The van der Waals surface area contributed by atoms with Crippen molar-refractivity contribution in [1.82, 2.24) is 5.32 Å². The predicted molar refractivity (Wildman–Crippen MR) is 104 cm³/mol. The number of anilines is 1. The smallest absolute Gasteiger partial charge is 0.170 e. The van der Waals surface area contributed by atoms with Crippen molar-refractivity contribution in [2.75, 3.05) is 18.5 Å². The molecule has 134 valence electrons. The molecule has 0 aliphatic heterocycles. The van der Waals surface area contributed by atoms with Gasteiger partial charge in [0.2, 0.25) is 0 Å². The van der Waals surface area contributed by atoms with E-state index in [1.54, 1.807) is 0 Å². The van der Waals surface area contributed by atoms with E-state index in [2.05, 4.69) is 10.6 Å². The maximum atomic E-state index is 5.91. The van der Waals surface area contributed by atoms with Crippen molar-refractivity contribution >= 4 is 23.0 Å². The highest BCUT2D eigenvalue weighted by Gasteiger charge is 2.12. The first-order valence-corrected chi connectivity index (χ1v) is 9.47. The summed E-state index contributed by atoms with van der Waals surface area (Å²) in [6.07, 6.45) is 8.09. The maximum Gasteiger partial charge on any atom is 0.170 e. The highest BCUT2D eigenvalue weighted by Crippen LogP contribution is 2.20. The van der Waals surface area contributed by atoms with Gasteiger partial charge >= 0.3 is 0 Å². The summed E-state index contributed by atoms with van der Waals surface area (Å²) >= 11 is 5.32. The molecule has 1 saturated carbocycles. The minimum atomic E-state index is 0.183. The van der Waals surface area contributed by atoms with E-state index in [0.29, 0.717) is 11.2 Å². The van der Waals surface area contributed by atoms with Crippen molar-refractivity contribution in [3.63, 3.8) is 0 Å². The molecule has 0 heterocycles. The zero-order valence-corrected chi connectivity index (χ0v) is 15.7. The SMILES string of the molecule is CC(C)Oc1ccc(NC(=S)NCCCOC2CCCCC2)cc1. The molecular weight excluding hydrogens is 320 g/mol. The maximum absolute atomic E-state index is 5.91. The van der Waals surface area contributed by atoms with E-state index in [4.69, 9.17) is 21.7 Å². The minimum Gasteiger partial charge on any atom is -0.491 e. The number of hydrogen-bond donors (Lipinski definition) is 2. The van der Waals surface area contributed by atoms with Crippen LogP contribution in [0.5, 0.6) is 5.75 Å². The summed E-state index contributed by atoms with van der Waals surface area (Å²) in [5, 5.41) is 7.06. The molecule has 1 aromatic carbocycles. The Balaban J connectivity index is 1.57. The molecular formula is C19H30N2O2S. The van der Waals surface area contributed by atoms with Crippen LogP contribution in [-0.2, 0) is 4.74 Å². The molecule has 0 unspecified atom stereocenters.